The number of ketones is 1. The van der Waals surface area contributed by atoms with Gasteiger partial charge in [0, 0.05) is 12.0 Å². The topological polar surface area (TPSA) is 69.9 Å². The highest BCUT2D eigenvalue weighted by Gasteiger charge is 2.17. The first-order valence-corrected chi connectivity index (χ1v) is 6.24. The second-order valence-electron chi connectivity index (χ2n) is 4.58. The summed E-state index contributed by atoms with van der Waals surface area (Å²) in [5.74, 6) is 1.50. The Hall–Kier alpha value is -2.24. The summed E-state index contributed by atoms with van der Waals surface area (Å²) in [6.45, 7) is 0.278. The lowest BCUT2D eigenvalue weighted by molar-refractivity contribution is 0.0972. The van der Waals surface area contributed by atoms with Gasteiger partial charge in [0.25, 0.3) is 0 Å². The molecule has 0 saturated carbocycles. The number of carbonyl (C=O) groups is 1. The van der Waals surface area contributed by atoms with Gasteiger partial charge >= 0.3 is 0 Å². The van der Waals surface area contributed by atoms with E-state index in [1.807, 2.05) is 18.2 Å². The predicted molar refractivity (Wildman–Crippen MR) is 66.8 cm³/mol. The molecule has 0 unspecified atom stereocenters. The van der Waals surface area contributed by atoms with E-state index in [0.717, 1.165) is 29.7 Å². The molecule has 1 heterocycles. The summed E-state index contributed by atoms with van der Waals surface area (Å²) in [5.41, 5.74) is 1.90. The molecular weight excluding hydrogens is 244 g/mol. The molecule has 0 spiro atoms. The van der Waals surface area contributed by atoms with E-state index in [1.54, 1.807) is 7.05 Å². The Balaban J connectivity index is 1.73. The van der Waals surface area contributed by atoms with Crippen molar-refractivity contribution in [2.24, 2.45) is 7.05 Å². The van der Waals surface area contributed by atoms with Crippen LogP contribution in [0.2, 0.25) is 0 Å². The standard InChI is InChI=1S/C13H14N4O2/c1-17-15-13(14-16-17)8-19-10-5-6-11-9(7-10)3-2-4-12(11)18/h5-7H,2-4,8H2,1H3. The molecule has 98 valence electrons. The molecule has 0 aliphatic heterocycles. The lowest BCUT2D eigenvalue weighted by Crippen LogP contribution is -2.10. The number of benzene rings is 1. The monoisotopic (exact) mass is 258 g/mol. The van der Waals surface area contributed by atoms with Gasteiger partial charge in [-0.2, -0.15) is 4.80 Å². The molecule has 1 aromatic heterocycles. The fraction of sp³-hybridized carbons (Fsp3) is 0.385. The van der Waals surface area contributed by atoms with Gasteiger partial charge in [0.1, 0.15) is 5.75 Å². The molecule has 0 fully saturated rings. The maximum atomic E-state index is 11.7. The molecule has 0 atom stereocenters. The van der Waals surface area contributed by atoms with Crippen molar-refractivity contribution < 1.29 is 9.53 Å². The Labute approximate surface area is 110 Å². The maximum Gasteiger partial charge on any atom is 0.212 e. The summed E-state index contributed by atoms with van der Waals surface area (Å²) in [5, 5.41) is 11.6. The fourth-order valence-electron chi connectivity index (χ4n) is 2.24. The van der Waals surface area contributed by atoms with Crippen molar-refractivity contribution in [1.29, 1.82) is 0 Å². The highest BCUT2D eigenvalue weighted by molar-refractivity contribution is 5.98. The summed E-state index contributed by atoms with van der Waals surface area (Å²) < 4.78 is 5.62. The van der Waals surface area contributed by atoms with Crippen molar-refractivity contribution in [2.75, 3.05) is 0 Å². The van der Waals surface area contributed by atoms with Crippen LogP contribution in [0.1, 0.15) is 34.6 Å². The van der Waals surface area contributed by atoms with Crippen molar-refractivity contribution >= 4 is 5.78 Å². The number of ether oxygens (including phenoxy) is 1. The van der Waals surface area contributed by atoms with Crippen molar-refractivity contribution in [2.45, 2.75) is 25.9 Å². The Morgan fingerprint density at radius 2 is 2.26 bits per heavy atom. The molecular formula is C13H14N4O2. The second kappa shape index (κ2) is 4.79. The van der Waals surface area contributed by atoms with E-state index in [-0.39, 0.29) is 12.4 Å². The zero-order chi connectivity index (χ0) is 13.2. The quantitative estimate of drug-likeness (QED) is 0.830. The molecule has 6 heteroatoms. The first kappa shape index (κ1) is 11.8. The minimum atomic E-state index is 0.225. The highest BCUT2D eigenvalue weighted by Crippen LogP contribution is 2.25. The lowest BCUT2D eigenvalue weighted by atomic mass is 9.91. The number of Topliss-reactive ketones (excluding diaryl/α,β-unsaturated/α-hetero) is 1. The zero-order valence-electron chi connectivity index (χ0n) is 10.7. The molecule has 0 saturated heterocycles. The third kappa shape index (κ3) is 2.47. The SMILES string of the molecule is Cn1nnc(COc2ccc3c(c2)CCCC3=O)n1. The number of tetrazole rings is 1. The molecule has 0 radical (unpaired) electrons. The van der Waals surface area contributed by atoms with Gasteiger partial charge in [0.2, 0.25) is 5.82 Å². The van der Waals surface area contributed by atoms with E-state index in [1.165, 1.54) is 4.80 Å². The van der Waals surface area contributed by atoms with Crippen LogP contribution >= 0.6 is 0 Å². The molecule has 0 N–H and O–H groups in total. The van der Waals surface area contributed by atoms with Crippen LogP contribution in [0.15, 0.2) is 18.2 Å². The number of rotatable bonds is 3. The van der Waals surface area contributed by atoms with Crippen LogP contribution in [-0.4, -0.2) is 26.0 Å². The van der Waals surface area contributed by atoms with E-state index in [2.05, 4.69) is 15.4 Å². The molecule has 2 aromatic rings. The molecule has 0 amide bonds. The van der Waals surface area contributed by atoms with E-state index in [9.17, 15) is 4.79 Å². The predicted octanol–water partition coefficient (Wildman–Crippen LogP) is 1.31. The van der Waals surface area contributed by atoms with Gasteiger partial charge in [0.05, 0.1) is 7.05 Å². The molecule has 19 heavy (non-hydrogen) atoms. The van der Waals surface area contributed by atoms with Gasteiger partial charge in [-0.25, -0.2) is 0 Å². The minimum Gasteiger partial charge on any atom is -0.485 e. The lowest BCUT2D eigenvalue weighted by Gasteiger charge is -2.15. The van der Waals surface area contributed by atoms with Crippen molar-refractivity contribution in [3.63, 3.8) is 0 Å². The fourth-order valence-corrected chi connectivity index (χ4v) is 2.24. The smallest absolute Gasteiger partial charge is 0.212 e. The third-order valence-electron chi connectivity index (χ3n) is 3.14. The van der Waals surface area contributed by atoms with Gasteiger partial charge in [-0.1, -0.05) is 0 Å². The van der Waals surface area contributed by atoms with Crippen LogP contribution in [0.5, 0.6) is 5.75 Å². The van der Waals surface area contributed by atoms with Crippen molar-refractivity contribution in [3.8, 4) is 5.75 Å². The van der Waals surface area contributed by atoms with Gasteiger partial charge in [-0.3, -0.25) is 4.79 Å². The first-order chi connectivity index (χ1) is 9.22. The van der Waals surface area contributed by atoms with Gasteiger partial charge in [-0.05, 0) is 41.8 Å². The van der Waals surface area contributed by atoms with Crippen LogP contribution in [0.25, 0.3) is 0 Å². The Morgan fingerprint density at radius 3 is 3.05 bits per heavy atom. The van der Waals surface area contributed by atoms with E-state index < -0.39 is 0 Å². The van der Waals surface area contributed by atoms with Crippen LogP contribution in [0.3, 0.4) is 0 Å². The number of aromatic nitrogens is 4. The molecule has 1 aliphatic carbocycles. The molecule has 1 aliphatic rings. The highest BCUT2D eigenvalue weighted by atomic mass is 16.5. The summed E-state index contributed by atoms with van der Waals surface area (Å²) in [7, 11) is 1.71. The number of nitrogens with zero attached hydrogens (tertiary/aromatic N) is 4. The number of hydrogen-bond donors (Lipinski definition) is 0. The van der Waals surface area contributed by atoms with E-state index in [4.69, 9.17) is 4.74 Å². The summed E-state index contributed by atoms with van der Waals surface area (Å²) >= 11 is 0. The Morgan fingerprint density at radius 1 is 1.37 bits per heavy atom. The number of aryl methyl sites for hydroxylation is 2. The number of hydrogen-bond acceptors (Lipinski definition) is 5. The number of fused-ring (bicyclic) bond motifs is 1. The van der Waals surface area contributed by atoms with E-state index >= 15 is 0 Å². The largest absolute Gasteiger partial charge is 0.485 e. The van der Waals surface area contributed by atoms with Gasteiger partial charge < -0.3 is 4.74 Å². The number of carbonyl (C=O) groups excluding carboxylic acids is 1. The normalized spacial score (nSPS) is 14.3. The molecule has 6 nitrogen and oxygen atoms in total. The summed E-state index contributed by atoms with van der Waals surface area (Å²) in [6, 6.07) is 5.59. The second-order valence-corrected chi connectivity index (χ2v) is 4.58. The maximum absolute atomic E-state index is 11.7. The van der Waals surface area contributed by atoms with Gasteiger partial charge in [0.15, 0.2) is 12.4 Å². The van der Waals surface area contributed by atoms with Gasteiger partial charge in [-0.15, -0.1) is 10.2 Å². The Kier molecular flexibility index (Phi) is 2.98. The summed E-state index contributed by atoms with van der Waals surface area (Å²) in [4.78, 5) is 13.1. The van der Waals surface area contributed by atoms with Crippen molar-refractivity contribution in [3.05, 3.63) is 35.2 Å². The van der Waals surface area contributed by atoms with Crippen LogP contribution in [-0.2, 0) is 20.1 Å². The average molecular weight is 258 g/mol. The van der Waals surface area contributed by atoms with Crippen LogP contribution in [0.4, 0.5) is 0 Å². The first-order valence-electron chi connectivity index (χ1n) is 6.24. The average Bonchev–Trinajstić information content (AvgIpc) is 2.82. The van der Waals surface area contributed by atoms with Crippen LogP contribution in [0, 0.1) is 0 Å². The summed E-state index contributed by atoms with van der Waals surface area (Å²) in [6.07, 6.45) is 2.50. The van der Waals surface area contributed by atoms with Crippen LogP contribution < -0.4 is 4.74 Å². The molecule has 1 aromatic carbocycles. The minimum absolute atomic E-state index is 0.225. The molecule has 0 bridgehead atoms. The van der Waals surface area contributed by atoms with Crippen molar-refractivity contribution in [1.82, 2.24) is 20.2 Å². The molecule has 3 rings (SSSR count). The Bertz CT molecular complexity index is 621. The van der Waals surface area contributed by atoms with E-state index in [0.29, 0.717) is 12.2 Å². The zero-order valence-corrected chi connectivity index (χ0v) is 10.7. The third-order valence-corrected chi connectivity index (χ3v) is 3.14.